The summed E-state index contributed by atoms with van der Waals surface area (Å²) in [6.07, 6.45) is -0.299. The normalized spacial score (nSPS) is 12.9. The molecule has 16 heavy (non-hydrogen) atoms. The number of aliphatic hydroxyl groups excluding tert-OH is 1. The molecule has 1 N–H and O–H groups in total. The lowest BCUT2D eigenvalue weighted by atomic mass is 10.2. The summed E-state index contributed by atoms with van der Waals surface area (Å²) in [6.45, 7) is 3.28. The molecule has 0 heterocycles. The lowest BCUT2D eigenvalue weighted by Crippen LogP contribution is -2.26. The highest BCUT2D eigenvalue weighted by Gasteiger charge is 2.06. The van der Waals surface area contributed by atoms with E-state index < -0.39 is 0 Å². The van der Waals surface area contributed by atoms with E-state index in [2.05, 4.69) is 20.8 Å². The lowest BCUT2D eigenvalue weighted by Gasteiger charge is -2.18. The first-order valence-electron chi connectivity index (χ1n) is 5.22. The molecular weight excluding hydrogens is 270 g/mol. The van der Waals surface area contributed by atoms with E-state index in [0.717, 1.165) is 16.8 Å². The molecule has 4 heteroatoms. The number of ether oxygens (including phenoxy) is 1. The minimum absolute atomic E-state index is 0.299. The Hall–Kier alpha value is -0.580. The summed E-state index contributed by atoms with van der Waals surface area (Å²) in [4.78, 5) is 2.08. The number of methoxy groups -OCH3 is 1. The van der Waals surface area contributed by atoms with Crippen molar-refractivity contribution in [1.29, 1.82) is 0 Å². The molecule has 90 valence electrons. The molecule has 0 fully saturated rings. The van der Waals surface area contributed by atoms with Crippen molar-refractivity contribution in [3.05, 3.63) is 28.2 Å². The smallest absolute Gasteiger partial charge is 0.133 e. The number of hydrogen-bond acceptors (Lipinski definition) is 3. The fourth-order valence-corrected chi connectivity index (χ4v) is 2.22. The van der Waals surface area contributed by atoms with E-state index in [0.29, 0.717) is 6.54 Å². The maximum Gasteiger partial charge on any atom is 0.133 e. The number of hydrogen-bond donors (Lipinski definition) is 1. The summed E-state index contributed by atoms with van der Waals surface area (Å²) in [6, 6.07) is 6.01. The zero-order chi connectivity index (χ0) is 12.1. The minimum atomic E-state index is -0.299. The van der Waals surface area contributed by atoms with Crippen molar-refractivity contribution >= 4 is 15.9 Å². The molecule has 0 radical (unpaired) electrons. The van der Waals surface area contributed by atoms with Gasteiger partial charge in [-0.25, -0.2) is 0 Å². The van der Waals surface area contributed by atoms with Gasteiger partial charge in [0.1, 0.15) is 5.75 Å². The van der Waals surface area contributed by atoms with Gasteiger partial charge < -0.3 is 9.84 Å². The summed E-state index contributed by atoms with van der Waals surface area (Å²) in [5.41, 5.74) is 1.19. The first-order chi connectivity index (χ1) is 7.52. The van der Waals surface area contributed by atoms with Crippen LogP contribution in [0.1, 0.15) is 12.5 Å². The van der Waals surface area contributed by atoms with Crippen molar-refractivity contribution in [2.45, 2.75) is 19.6 Å². The third-order valence-electron chi connectivity index (χ3n) is 2.24. The van der Waals surface area contributed by atoms with Crippen LogP contribution in [0.4, 0.5) is 0 Å². The topological polar surface area (TPSA) is 32.7 Å². The van der Waals surface area contributed by atoms with Crippen LogP contribution in [0.25, 0.3) is 0 Å². The van der Waals surface area contributed by atoms with Crippen molar-refractivity contribution in [3.63, 3.8) is 0 Å². The van der Waals surface area contributed by atoms with Gasteiger partial charge in [-0.1, -0.05) is 6.07 Å². The molecule has 0 saturated heterocycles. The van der Waals surface area contributed by atoms with Crippen LogP contribution >= 0.6 is 15.9 Å². The number of benzene rings is 1. The minimum Gasteiger partial charge on any atom is -0.496 e. The standard InChI is InChI=1S/C12H18BrNO2/c1-9(15)7-14(2)8-10-4-5-12(16-3)11(13)6-10/h4-6,9,15H,7-8H2,1-3H3. The van der Waals surface area contributed by atoms with Crippen molar-refractivity contribution in [2.75, 3.05) is 20.7 Å². The number of likely N-dealkylation sites (N-methyl/N-ethyl adjacent to an activating group) is 1. The van der Waals surface area contributed by atoms with Gasteiger partial charge in [0.25, 0.3) is 0 Å². The van der Waals surface area contributed by atoms with Crippen LogP contribution in [0, 0.1) is 0 Å². The van der Waals surface area contributed by atoms with Gasteiger partial charge in [-0.3, -0.25) is 4.90 Å². The Morgan fingerprint density at radius 2 is 2.19 bits per heavy atom. The third kappa shape index (κ3) is 4.12. The highest BCUT2D eigenvalue weighted by atomic mass is 79.9. The Morgan fingerprint density at radius 3 is 2.69 bits per heavy atom. The van der Waals surface area contributed by atoms with E-state index in [-0.39, 0.29) is 6.10 Å². The molecule has 1 atom stereocenters. The van der Waals surface area contributed by atoms with E-state index >= 15 is 0 Å². The van der Waals surface area contributed by atoms with Crippen molar-refractivity contribution < 1.29 is 9.84 Å². The summed E-state index contributed by atoms with van der Waals surface area (Å²) < 4.78 is 6.13. The van der Waals surface area contributed by atoms with Crippen LogP contribution in [0.2, 0.25) is 0 Å². The fourth-order valence-electron chi connectivity index (χ4n) is 1.64. The number of halogens is 1. The Morgan fingerprint density at radius 1 is 1.50 bits per heavy atom. The molecule has 1 aromatic carbocycles. The van der Waals surface area contributed by atoms with Crippen LogP contribution in [-0.4, -0.2) is 36.8 Å². The molecule has 0 saturated carbocycles. The molecule has 3 nitrogen and oxygen atoms in total. The van der Waals surface area contributed by atoms with E-state index in [4.69, 9.17) is 4.74 Å². The van der Waals surface area contributed by atoms with Crippen LogP contribution in [0.5, 0.6) is 5.75 Å². The molecule has 0 amide bonds. The lowest BCUT2D eigenvalue weighted by molar-refractivity contribution is 0.138. The first kappa shape index (κ1) is 13.5. The van der Waals surface area contributed by atoms with Crippen LogP contribution in [0.3, 0.4) is 0 Å². The zero-order valence-electron chi connectivity index (χ0n) is 9.90. The predicted octanol–water partition coefficient (Wildman–Crippen LogP) is 2.27. The SMILES string of the molecule is COc1ccc(CN(C)CC(C)O)cc1Br. The molecule has 1 rings (SSSR count). The van der Waals surface area contributed by atoms with Gasteiger partial charge in [-0.2, -0.15) is 0 Å². The summed E-state index contributed by atoms with van der Waals surface area (Å²) in [5.74, 6) is 0.835. The van der Waals surface area contributed by atoms with Gasteiger partial charge in [0.15, 0.2) is 0 Å². The van der Waals surface area contributed by atoms with Gasteiger partial charge in [0.2, 0.25) is 0 Å². The molecule has 0 bridgehead atoms. The number of rotatable bonds is 5. The third-order valence-corrected chi connectivity index (χ3v) is 2.86. The summed E-state index contributed by atoms with van der Waals surface area (Å²) >= 11 is 3.46. The molecule has 0 aliphatic carbocycles. The Balaban J connectivity index is 2.64. The van der Waals surface area contributed by atoms with E-state index in [1.54, 1.807) is 14.0 Å². The molecule has 0 aliphatic heterocycles. The van der Waals surface area contributed by atoms with Crippen molar-refractivity contribution in [3.8, 4) is 5.75 Å². The van der Waals surface area contributed by atoms with Gasteiger partial charge >= 0.3 is 0 Å². The van der Waals surface area contributed by atoms with Gasteiger partial charge in [-0.05, 0) is 47.6 Å². The van der Waals surface area contributed by atoms with Crippen LogP contribution in [-0.2, 0) is 6.54 Å². The molecule has 1 unspecified atom stereocenters. The van der Waals surface area contributed by atoms with E-state index in [1.807, 2.05) is 25.2 Å². The second kappa shape index (κ2) is 6.23. The second-order valence-corrected chi connectivity index (χ2v) is 4.87. The fraction of sp³-hybridized carbons (Fsp3) is 0.500. The van der Waals surface area contributed by atoms with Gasteiger partial charge in [-0.15, -0.1) is 0 Å². The Kier molecular flexibility index (Phi) is 5.25. The average Bonchev–Trinajstić information content (AvgIpc) is 2.16. The Bertz CT molecular complexity index is 342. The molecule has 0 aliphatic rings. The summed E-state index contributed by atoms with van der Waals surface area (Å²) in [7, 11) is 3.64. The Labute approximate surface area is 105 Å². The summed E-state index contributed by atoms with van der Waals surface area (Å²) in [5, 5.41) is 9.27. The highest BCUT2D eigenvalue weighted by Crippen LogP contribution is 2.25. The highest BCUT2D eigenvalue weighted by molar-refractivity contribution is 9.10. The molecule has 0 aromatic heterocycles. The maximum absolute atomic E-state index is 9.27. The predicted molar refractivity (Wildman–Crippen MR) is 68.7 cm³/mol. The number of nitrogens with zero attached hydrogens (tertiary/aromatic N) is 1. The van der Waals surface area contributed by atoms with Gasteiger partial charge in [0, 0.05) is 13.1 Å². The quantitative estimate of drug-likeness (QED) is 0.902. The first-order valence-corrected chi connectivity index (χ1v) is 6.01. The number of aliphatic hydroxyl groups is 1. The maximum atomic E-state index is 9.27. The molecular formula is C12H18BrNO2. The zero-order valence-corrected chi connectivity index (χ0v) is 11.5. The molecule has 1 aromatic rings. The largest absolute Gasteiger partial charge is 0.496 e. The second-order valence-electron chi connectivity index (χ2n) is 4.01. The van der Waals surface area contributed by atoms with Crippen molar-refractivity contribution in [1.82, 2.24) is 4.90 Å². The van der Waals surface area contributed by atoms with Crippen LogP contribution in [0.15, 0.2) is 22.7 Å². The van der Waals surface area contributed by atoms with Crippen LogP contribution < -0.4 is 4.74 Å². The van der Waals surface area contributed by atoms with E-state index in [1.165, 1.54) is 5.56 Å². The molecule has 0 spiro atoms. The van der Waals surface area contributed by atoms with Crippen molar-refractivity contribution in [2.24, 2.45) is 0 Å². The average molecular weight is 288 g/mol. The van der Waals surface area contributed by atoms with E-state index in [9.17, 15) is 5.11 Å². The monoisotopic (exact) mass is 287 g/mol. The van der Waals surface area contributed by atoms with Gasteiger partial charge in [0.05, 0.1) is 17.7 Å².